The van der Waals surface area contributed by atoms with Crippen LogP contribution in [0.4, 0.5) is 5.69 Å². The van der Waals surface area contributed by atoms with Crippen molar-refractivity contribution in [2.75, 3.05) is 18.4 Å². The SMILES string of the molecule is O=C(Nc1ccc2c(c1)CCN(C1CCC1)CC2)c1ccc2ncsc2c1. The fraction of sp³-hybridized carbons (Fsp3) is 0.364. The van der Waals surface area contributed by atoms with Gasteiger partial charge in [-0.25, -0.2) is 4.98 Å². The van der Waals surface area contributed by atoms with E-state index in [4.69, 9.17) is 0 Å². The topological polar surface area (TPSA) is 45.2 Å². The van der Waals surface area contributed by atoms with E-state index in [1.165, 1.54) is 30.4 Å². The summed E-state index contributed by atoms with van der Waals surface area (Å²) in [5, 5.41) is 3.07. The van der Waals surface area contributed by atoms with Gasteiger partial charge in [0.15, 0.2) is 0 Å². The monoisotopic (exact) mass is 377 g/mol. The van der Waals surface area contributed by atoms with E-state index in [0.29, 0.717) is 5.56 Å². The van der Waals surface area contributed by atoms with Gasteiger partial charge in [-0.3, -0.25) is 9.69 Å². The number of hydrogen-bond acceptors (Lipinski definition) is 4. The number of hydrogen-bond donors (Lipinski definition) is 1. The minimum atomic E-state index is -0.0602. The largest absolute Gasteiger partial charge is 0.322 e. The summed E-state index contributed by atoms with van der Waals surface area (Å²) >= 11 is 1.56. The van der Waals surface area contributed by atoms with E-state index in [1.807, 2.05) is 29.8 Å². The lowest BCUT2D eigenvalue weighted by atomic mass is 9.91. The number of thiazole rings is 1. The number of carbonyl (C=O) groups is 1. The summed E-state index contributed by atoms with van der Waals surface area (Å²) in [5.41, 5.74) is 7.13. The molecule has 5 heteroatoms. The molecule has 4 nitrogen and oxygen atoms in total. The second-order valence-electron chi connectivity index (χ2n) is 7.59. The first-order valence-corrected chi connectivity index (χ1v) is 10.6. The van der Waals surface area contributed by atoms with Crippen molar-refractivity contribution in [3.63, 3.8) is 0 Å². The number of anilines is 1. The van der Waals surface area contributed by atoms with Gasteiger partial charge >= 0.3 is 0 Å². The predicted octanol–water partition coefficient (Wildman–Crippen LogP) is 4.50. The number of aromatic nitrogens is 1. The first-order chi connectivity index (χ1) is 13.3. The third-order valence-electron chi connectivity index (χ3n) is 5.99. The lowest BCUT2D eigenvalue weighted by Crippen LogP contribution is -2.41. The third-order valence-corrected chi connectivity index (χ3v) is 6.78. The summed E-state index contributed by atoms with van der Waals surface area (Å²) in [6.07, 6.45) is 6.30. The number of rotatable bonds is 3. The molecule has 2 heterocycles. The number of carbonyl (C=O) groups excluding carboxylic acids is 1. The van der Waals surface area contributed by atoms with Crippen LogP contribution in [-0.2, 0) is 12.8 Å². The smallest absolute Gasteiger partial charge is 0.255 e. The van der Waals surface area contributed by atoms with Crippen LogP contribution in [0.1, 0.15) is 40.7 Å². The van der Waals surface area contributed by atoms with Crippen molar-refractivity contribution in [2.45, 2.75) is 38.1 Å². The maximum atomic E-state index is 12.7. The summed E-state index contributed by atoms with van der Waals surface area (Å²) in [5.74, 6) is -0.0602. The maximum absolute atomic E-state index is 12.7. The van der Waals surface area contributed by atoms with Crippen LogP contribution in [0.5, 0.6) is 0 Å². The fourth-order valence-electron chi connectivity index (χ4n) is 4.14. The molecule has 2 aliphatic rings. The molecule has 2 aromatic carbocycles. The van der Waals surface area contributed by atoms with Crippen LogP contribution in [-0.4, -0.2) is 34.9 Å². The van der Waals surface area contributed by atoms with E-state index in [0.717, 1.165) is 47.9 Å². The molecular formula is C22H23N3OS. The van der Waals surface area contributed by atoms with Crippen molar-refractivity contribution in [1.82, 2.24) is 9.88 Å². The molecule has 1 N–H and O–H groups in total. The highest BCUT2D eigenvalue weighted by molar-refractivity contribution is 7.16. The van der Waals surface area contributed by atoms with Gasteiger partial charge in [-0.15, -0.1) is 11.3 Å². The Morgan fingerprint density at radius 3 is 2.74 bits per heavy atom. The Kier molecular flexibility index (Phi) is 4.42. The summed E-state index contributed by atoms with van der Waals surface area (Å²) in [7, 11) is 0. The van der Waals surface area contributed by atoms with Crippen molar-refractivity contribution in [3.8, 4) is 0 Å². The van der Waals surface area contributed by atoms with Crippen LogP contribution in [0.2, 0.25) is 0 Å². The number of nitrogens with one attached hydrogen (secondary N) is 1. The Balaban J connectivity index is 1.31. The molecule has 0 unspecified atom stereocenters. The van der Waals surface area contributed by atoms with Gasteiger partial charge in [-0.2, -0.15) is 0 Å². The molecule has 0 saturated heterocycles. The van der Waals surface area contributed by atoms with Gasteiger partial charge in [0.1, 0.15) is 0 Å². The molecule has 1 aromatic heterocycles. The van der Waals surface area contributed by atoms with Crippen LogP contribution < -0.4 is 5.32 Å². The van der Waals surface area contributed by atoms with E-state index in [9.17, 15) is 4.79 Å². The Labute approximate surface area is 163 Å². The van der Waals surface area contributed by atoms with Crippen LogP contribution >= 0.6 is 11.3 Å². The average Bonchev–Trinajstić information content (AvgIpc) is 3.01. The molecule has 0 bridgehead atoms. The average molecular weight is 378 g/mol. The summed E-state index contributed by atoms with van der Waals surface area (Å²) < 4.78 is 1.04. The Bertz CT molecular complexity index is 992. The molecule has 1 saturated carbocycles. The summed E-state index contributed by atoms with van der Waals surface area (Å²) in [4.78, 5) is 19.6. The molecule has 138 valence electrons. The normalized spacial score (nSPS) is 17.9. The van der Waals surface area contributed by atoms with Crippen molar-refractivity contribution < 1.29 is 4.79 Å². The number of benzene rings is 2. The van der Waals surface area contributed by atoms with Crippen LogP contribution in [0.15, 0.2) is 41.9 Å². The van der Waals surface area contributed by atoms with Gasteiger partial charge < -0.3 is 5.32 Å². The van der Waals surface area contributed by atoms with Gasteiger partial charge in [-0.05, 0) is 67.1 Å². The molecule has 5 rings (SSSR count). The van der Waals surface area contributed by atoms with Gasteiger partial charge in [0.25, 0.3) is 5.91 Å². The second-order valence-corrected chi connectivity index (χ2v) is 8.48. The van der Waals surface area contributed by atoms with Gasteiger partial charge in [0.05, 0.1) is 15.7 Å². The minimum absolute atomic E-state index is 0.0602. The summed E-state index contributed by atoms with van der Waals surface area (Å²) in [6, 6.07) is 12.9. The van der Waals surface area contributed by atoms with Crippen molar-refractivity contribution in [2.24, 2.45) is 0 Å². The fourth-order valence-corrected chi connectivity index (χ4v) is 4.85. The van der Waals surface area contributed by atoms with Crippen LogP contribution in [0.3, 0.4) is 0 Å². The number of nitrogens with zero attached hydrogens (tertiary/aromatic N) is 2. The first kappa shape index (κ1) is 16.9. The van der Waals surface area contributed by atoms with Gasteiger partial charge in [-0.1, -0.05) is 12.5 Å². The molecule has 27 heavy (non-hydrogen) atoms. The zero-order chi connectivity index (χ0) is 18.2. The molecule has 0 radical (unpaired) electrons. The molecule has 1 amide bonds. The minimum Gasteiger partial charge on any atom is -0.322 e. The number of fused-ring (bicyclic) bond motifs is 2. The Morgan fingerprint density at radius 1 is 1.07 bits per heavy atom. The molecule has 1 aliphatic carbocycles. The molecule has 1 aliphatic heterocycles. The first-order valence-electron chi connectivity index (χ1n) is 9.77. The predicted molar refractivity (Wildman–Crippen MR) is 111 cm³/mol. The van der Waals surface area contributed by atoms with Crippen LogP contribution in [0.25, 0.3) is 10.2 Å². The Morgan fingerprint density at radius 2 is 1.93 bits per heavy atom. The van der Waals surface area contributed by atoms with Crippen molar-refractivity contribution in [1.29, 1.82) is 0 Å². The highest BCUT2D eigenvalue weighted by atomic mass is 32.1. The van der Waals surface area contributed by atoms with Gasteiger partial charge in [0.2, 0.25) is 0 Å². The van der Waals surface area contributed by atoms with E-state index >= 15 is 0 Å². The highest BCUT2D eigenvalue weighted by Gasteiger charge is 2.26. The Hall–Kier alpha value is -2.24. The molecule has 0 atom stereocenters. The van der Waals surface area contributed by atoms with E-state index in [-0.39, 0.29) is 5.91 Å². The molecule has 3 aromatic rings. The van der Waals surface area contributed by atoms with Gasteiger partial charge in [0, 0.05) is 30.4 Å². The zero-order valence-corrected chi connectivity index (χ0v) is 16.1. The van der Waals surface area contributed by atoms with Crippen LogP contribution in [0, 0.1) is 0 Å². The van der Waals surface area contributed by atoms with E-state index in [2.05, 4.69) is 27.3 Å². The molecule has 1 fully saturated rings. The summed E-state index contributed by atoms with van der Waals surface area (Å²) in [6.45, 7) is 2.30. The maximum Gasteiger partial charge on any atom is 0.255 e. The second kappa shape index (κ2) is 7.06. The molecular weight excluding hydrogens is 354 g/mol. The molecule has 0 spiro atoms. The highest BCUT2D eigenvalue weighted by Crippen LogP contribution is 2.28. The third kappa shape index (κ3) is 3.37. The zero-order valence-electron chi connectivity index (χ0n) is 15.3. The lowest BCUT2D eigenvalue weighted by molar-refractivity contribution is 0.102. The standard InChI is InChI=1S/C22H23N3OS/c26-22(17-5-7-20-21(13-17)27-14-23-20)24-18-6-4-15-8-10-25(19-2-1-3-19)11-9-16(15)12-18/h4-7,12-14,19H,1-3,8-11H2,(H,24,26). The van der Waals surface area contributed by atoms with Crippen molar-refractivity contribution >= 4 is 33.1 Å². The number of amides is 1. The van der Waals surface area contributed by atoms with E-state index < -0.39 is 0 Å². The lowest BCUT2D eigenvalue weighted by Gasteiger charge is -2.36. The van der Waals surface area contributed by atoms with Crippen molar-refractivity contribution in [3.05, 3.63) is 58.6 Å². The quantitative estimate of drug-likeness (QED) is 0.731. The van der Waals surface area contributed by atoms with E-state index in [1.54, 1.807) is 11.3 Å².